The Morgan fingerprint density at radius 3 is 2.25 bits per heavy atom. The van der Waals surface area contributed by atoms with E-state index in [9.17, 15) is 9.90 Å². The van der Waals surface area contributed by atoms with Crippen LogP contribution in [0.1, 0.15) is 68.3 Å². The molecule has 334 valence electrons. The number of benzene rings is 3. The van der Waals surface area contributed by atoms with Crippen molar-refractivity contribution in [3.63, 3.8) is 0 Å². The fourth-order valence-electron chi connectivity index (χ4n) is 9.59. The minimum Gasteiger partial charge on any atom is -0.494 e. The zero-order chi connectivity index (χ0) is 44.9. The van der Waals surface area contributed by atoms with Crippen LogP contribution >= 0.6 is 23.2 Å². The Kier molecular flexibility index (Phi) is 12.9. The highest BCUT2D eigenvalue weighted by Gasteiger charge is 2.40. The number of aryl methyl sites for hydroxylation is 5. The van der Waals surface area contributed by atoms with Crippen LogP contribution in [-0.4, -0.2) is 119 Å². The number of carboxylic acid groups (broad SMARTS) is 1. The van der Waals surface area contributed by atoms with Crippen LogP contribution < -0.4 is 14.4 Å². The fourth-order valence-corrected chi connectivity index (χ4v) is 9.94. The molecule has 13 nitrogen and oxygen atoms in total. The minimum atomic E-state index is -1.13. The second-order valence-electron chi connectivity index (χ2n) is 17.1. The van der Waals surface area contributed by atoms with E-state index in [2.05, 4.69) is 28.3 Å². The molecule has 3 aromatic carbocycles. The van der Waals surface area contributed by atoms with E-state index in [1.807, 2.05) is 80.4 Å². The summed E-state index contributed by atoms with van der Waals surface area (Å²) in [5, 5.41) is 18.5. The molecule has 1 amide bonds. The Hall–Kier alpha value is -5.05. The zero-order valence-corrected chi connectivity index (χ0v) is 39.0. The lowest BCUT2D eigenvalue weighted by atomic mass is 9.98. The summed E-state index contributed by atoms with van der Waals surface area (Å²) >= 11 is 13.6. The van der Waals surface area contributed by atoms with Gasteiger partial charge in [-0.1, -0.05) is 29.3 Å². The molecular formula is C48H57Cl2N7O6. The molecule has 1 saturated heterocycles. The number of methoxy groups -OCH3 is 1. The van der Waals surface area contributed by atoms with Crippen molar-refractivity contribution in [2.75, 3.05) is 78.1 Å². The molecule has 63 heavy (non-hydrogen) atoms. The number of fused-ring (bicyclic) bond motifs is 4. The van der Waals surface area contributed by atoms with Gasteiger partial charge in [0.05, 0.1) is 35.0 Å². The number of hydrogen-bond donors (Lipinski definition) is 1. The smallest absolute Gasteiger partial charge is 0.340 e. The summed E-state index contributed by atoms with van der Waals surface area (Å²) in [5.41, 5.74) is 8.34. The number of carbonyl (C=O) groups is 2. The molecule has 0 bridgehead atoms. The zero-order valence-electron chi connectivity index (χ0n) is 37.5. The summed E-state index contributed by atoms with van der Waals surface area (Å²) in [4.78, 5) is 35.5. The van der Waals surface area contributed by atoms with Crippen molar-refractivity contribution in [3.8, 4) is 22.6 Å². The number of amides is 1. The molecule has 6 aromatic rings. The Bertz CT molecular complexity index is 2710. The van der Waals surface area contributed by atoms with Gasteiger partial charge in [-0.15, -0.1) is 0 Å². The van der Waals surface area contributed by atoms with Crippen LogP contribution in [0.4, 0.5) is 5.82 Å². The van der Waals surface area contributed by atoms with Gasteiger partial charge in [0.1, 0.15) is 35.2 Å². The molecule has 1 atom stereocenters. The molecule has 5 heterocycles. The van der Waals surface area contributed by atoms with E-state index >= 15 is 4.79 Å². The van der Waals surface area contributed by atoms with E-state index in [-0.39, 0.29) is 24.1 Å². The number of ether oxygens (including phenoxy) is 3. The maximum absolute atomic E-state index is 15.6. The molecule has 1 fully saturated rings. The predicted octanol–water partition coefficient (Wildman–Crippen LogP) is 8.74. The number of piperazine rings is 1. The van der Waals surface area contributed by atoms with Gasteiger partial charge < -0.3 is 33.4 Å². The molecule has 2 aliphatic heterocycles. The topological polar surface area (TPSA) is 119 Å². The number of aromatic carboxylic acids is 1. The third-order valence-electron chi connectivity index (χ3n) is 12.8. The average Bonchev–Trinajstić information content (AvgIpc) is 3.85. The number of hydrogen-bond acceptors (Lipinski definition) is 8. The summed E-state index contributed by atoms with van der Waals surface area (Å²) < 4.78 is 24.0. The van der Waals surface area contributed by atoms with Gasteiger partial charge in [-0.25, -0.2) is 4.79 Å². The molecule has 0 unspecified atom stereocenters. The Balaban J connectivity index is 1.23. The largest absolute Gasteiger partial charge is 0.494 e. The SMILES string of the molecule is COCCn1c(N2C[C@@H](C)n3c(c(CCCOc4cc(C)c(Cl)c(C)c4)c4ccc(Cl)c(-c5c(C)nn(C)c5C)c43)C2=O)c(C(=O)O)c2cc(OCCN3CCN(C)CC3)ccc21. The standard InChI is InChI=1S/C48H57Cl2N7O6/c1-28-24-34(25-29(2)43(28)50)62-21-9-10-35-36-12-13-38(49)42(40-31(4)51-53(7)32(40)5)44(36)57-30(3)27-56(47(58)45(35)57)46-41(48(59)60)37-26-33(11-14-39(37)55(46)20-22-61-8)63-23-19-54-17-15-52(6)16-18-54/h11-14,24-26,30H,9-10,15-23,27H2,1-8H3,(H,59,60)/t30-/m1/s1. The molecule has 2 aliphatic rings. The third kappa shape index (κ3) is 8.30. The molecule has 0 radical (unpaired) electrons. The van der Waals surface area contributed by atoms with Gasteiger partial charge in [-0.05, 0) is 108 Å². The number of carboxylic acids is 1. The maximum atomic E-state index is 15.6. The first kappa shape index (κ1) is 44.6. The van der Waals surface area contributed by atoms with Gasteiger partial charge in [0.25, 0.3) is 5.91 Å². The van der Waals surface area contributed by atoms with Gasteiger partial charge in [0.15, 0.2) is 0 Å². The molecule has 0 aliphatic carbocycles. The Labute approximate surface area is 378 Å². The number of aromatic nitrogens is 4. The predicted molar refractivity (Wildman–Crippen MR) is 250 cm³/mol. The van der Waals surface area contributed by atoms with Crippen LogP contribution in [-0.2, 0) is 24.8 Å². The van der Waals surface area contributed by atoms with Crippen LogP contribution in [0.2, 0.25) is 10.0 Å². The van der Waals surface area contributed by atoms with Gasteiger partial charge in [0.2, 0.25) is 0 Å². The van der Waals surface area contributed by atoms with Crippen molar-refractivity contribution in [1.82, 2.24) is 28.7 Å². The summed E-state index contributed by atoms with van der Waals surface area (Å²) in [6.07, 6.45) is 1.11. The van der Waals surface area contributed by atoms with Gasteiger partial charge in [-0.2, -0.15) is 5.10 Å². The third-order valence-corrected chi connectivity index (χ3v) is 13.7. The highest BCUT2D eigenvalue weighted by atomic mass is 35.5. The molecule has 3 aromatic heterocycles. The highest BCUT2D eigenvalue weighted by molar-refractivity contribution is 6.35. The maximum Gasteiger partial charge on any atom is 0.340 e. The molecule has 1 N–H and O–H groups in total. The molecule has 0 spiro atoms. The van der Waals surface area contributed by atoms with Gasteiger partial charge >= 0.3 is 5.97 Å². The highest BCUT2D eigenvalue weighted by Crippen LogP contribution is 2.46. The summed E-state index contributed by atoms with van der Waals surface area (Å²) in [6.45, 7) is 16.5. The number of carbonyl (C=O) groups excluding carboxylic acids is 1. The monoisotopic (exact) mass is 897 g/mol. The molecule has 0 saturated carbocycles. The fraction of sp³-hybridized carbons (Fsp3) is 0.438. The first-order valence-corrected chi connectivity index (χ1v) is 22.4. The van der Waals surface area contributed by atoms with Crippen LogP contribution in [0.3, 0.4) is 0 Å². The lowest BCUT2D eigenvalue weighted by Gasteiger charge is -2.35. The van der Waals surface area contributed by atoms with Gasteiger partial charge in [-0.3, -0.25) is 19.3 Å². The van der Waals surface area contributed by atoms with E-state index in [4.69, 9.17) is 42.5 Å². The van der Waals surface area contributed by atoms with Crippen LogP contribution in [0.5, 0.6) is 11.5 Å². The number of nitrogens with zero attached hydrogens (tertiary/aromatic N) is 7. The number of likely N-dealkylation sites (N-methyl/N-ethyl adjacent to an activating group) is 1. The first-order valence-electron chi connectivity index (χ1n) is 21.7. The van der Waals surface area contributed by atoms with Crippen molar-refractivity contribution < 1.29 is 28.9 Å². The first-order chi connectivity index (χ1) is 30.2. The van der Waals surface area contributed by atoms with Crippen molar-refractivity contribution in [3.05, 3.63) is 91.8 Å². The number of halogens is 2. The summed E-state index contributed by atoms with van der Waals surface area (Å²) in [5.74, 6) is 0.205. The van der Waals surface area contributed by atoms with Crippen molar-refractivity contribution in [1.29, 1.82) is 0 Å². The minimum absolute atomic E-state index is 0.0459. The summed E-state index contributed by atoms with van der Waals surface area (Å²) in [6, 6.07) is 13.1. The molecule has 8 rings (SSSR count). The van der Waals surface area contributed by atoms with Crippen molar-refractivity contribution >= 4 is 62.7 Å². The molecule has 15 heteroatoms. The van der Waals surface area contributed by atoms with E-state index < -0.39 is 5.97 Å². The average molecular weight is 899 g/mol. The second-order valence-corrected chi connectivity index (χ2v) is 17.9. The van der Waals surface area contributed by atoms with E-state index in [0.717, 1.165) is 93.6 Å². The van der Waals surface area contributed by atoms with Gasteiger partial charge in [0, 0.05) is 98.6 Å². The van der Waals surface area contributed by atoms with E-state index in [1.54, 1.807) is 18.1 Å². The summed E-state index contributed by atoms with van der Waals surface area (Å²) in [7, 11) is 5.66. The number of anilines is 1. The Morgan fingerprint density at radius 1 is 0.873 bits per heavy atom. The van der Waals surface area contributed by atoms with Crippen molar-refractivity contribution in [2.45, 2.75) is 60.0 Å². The molecular weight excluding hydrogens is 841 g/mol. The van der Waals surface area contributed by atoms with E-state index in [0.29, 0.717) is 72.4 Å². The normalized spacial score (nSPS) is 16.1. The second kappa shape index (κ2) is 18.2. The van der Waals surface area contributed by atoms with Crippen LogP contribution in [0.25, 0.3) is 32.9 Å². The van der Waals surface area contributed by atoms with E-state index in [1.165, 1.54) is 0 Å². The van der Waals surface area contributed by atoms with Crippen LogP contribution in [0.15, 0.2) is 42.5 Å². The lowest BCUT2D eigenvalue weighted by Crippen LogP contribution is -2.45. The van der Waals surface area contributed by atoms with Crippen molar-refractivity contribution in [2.24, 2.45) is 7.05 Å². The quantitative estimate of drug-likeness (QED) is 0.101. The number of rotatable bonds is 15. The Morgan fingerprint density at radius 2 is 1.59 bits per heavy atom. The lowest BCUT2D eigenvalue weighted by molar-refractivity contribution is 0.0699. The van der Waals surface area contributed by atoms with Crippen LogP contribution in [0, 0.1) is 27.7 Å².